The minimum Gasteiger partial charge on any atom is -0.495 e. The molecule has 164 valence electrons. The Hall–Kier alpha value is -2.16. The molecule has 0 fully saturated rings. The molecule has 1 N–H and O–H groups in total. The number of carbonyl (C=O) groups excluding carboxylic acids is 1. The van der Waals surface area contributed by atoms with Crippen LogP contribution in [0, 0.1) is 6.92 Å². The Bertz CT molecular complexity index is 1010. The fourth-order valence-electron chi connectivity index (χ4n) is 2.77. The standard InChI is InChI=1S/C20H24Cl2N2O5S/c1-13-5-7-16(12-17(13)22)29-10-9-23-20(25)14(2)24(30(4,26)27)18-11-15(21)6-8-19(18)28-3/h5-8,11-12,14H,9-10H2,1-4H3,(H,23,25)/t14-/m0/s1. The number of aryl methyl sites for hydroxylation is 1. The Kier molecular flexibility index (Phi) is 8.23. The van der Waals surface area contributed by atoms with Crippen molar-refractivity contribution in [3.63, 3.8) is 0 Å². The van der Waals surface area contributed by atoms with Crippen LogP contribution in [0.4, 0.5) is 5.69 Å². The number of nitrogens with zero attached hydrogens (tertiary/aromatic N) is 1. The van der Waals surface area contributed by atoms with E-state index in [2.05, 4.69) is 5.32 Å². The first-order valence-corrected chi connectivity index (χ1v) is 11.6. The fraction of sp³-hybridized carbons (Fsp3) is 0.350. The van der Waals surface area contributed by atoms with E-state index in [1.807, 2.05) is 13.0 Å². The topological polar surface area (TPSA) is 84.9 Å². The smallest absolute Gasteiger partial charge is 0.243 e. The number of benzene rings is 2. The van der Waals surface area contributed by atoms with Crippen LogP contribution in [-0.2, 0) is 14.8 Å². The van der Waals surface area contributed by atoms with E-state index >= 15 is 0 Å². The second kappa shape index (κ2) is 10.2. The molecule has 0 saturated heterocycles. The van der Waals surface area contributed by atoms with E-state index in [9.17, 15) is 13.2 Å². The van der Waals surface area contributed by atoms with Gasteiger partial charge in [0.15, 0.2) is 0 Å². The van der Waals surface area contributed by atoms with Gasteiger partial charge in [-0.3, -0.25) is 9.10 Å². The third kappa shape index (κ3) is 6.17. The van der Waals surface area contributed by atoms with Crippen LogP contribution in [0.15, 0.2) is 36.4 Å². The summed E-state index contributed by atoms with van der Waals surface area (Å²) in [6, 6.07) is 8.82. The Morgan fingerprint density at radius 2 is 1.90 bits per heavy atom. The van der Waals surface area contributed by atoms with Crippen molar-refractivity contribution in [2.24, 2.45) is 0 Å². The van der Waals surface area contributed by atoms with Crippen LogP contribution < -0.4 is 19.1 Å². The Balaban J connectivity index is 2.07. The van der Waals surface area contributed by atoms with Gasteiger partial charge in [0.1, 0.15) is 24.1 Å². The molecule has 0 saturated carbocycles. The summed E-state index contributed by atoms with van der Waals surface area (Å²) >= 11 is 12.1. The highest BCUT2D eigenvalue weighted by Crippen LogP contribution is 2.34. The van der Waals surface area contributed by atoms with Crippen molar-refractivity contribution in [1.82, 2.24) is 5.32 Å². The van der Waals surface area contributed by atoms with Crippen LogP contribution in [0.1, 0.15) is 12.5 Å². The van der Waals surface area contributed by atoms with Gasteiger partial charge >= 0.3 is 0 Å². The molecule has 0 spiro atoms. The number of rotatable bonds is 9. The van der Waals surface area contributed by atoms with Crippen LogP contribution in [0.25, 0.3) is 0 Å². The van der Waals surface area contributed by atoms with Crippen LogP contribution >= 0.6 is 23.2 Å². The van der Waals surface area contributed by atoms with E-state index in [0.29, 0.717) is 15.8 Å². The SMILES string of the molecule is COc1ccc(Cl)cc1N([C@@H](C)C(=O)NCCOc1ccc(C)c(Cl)c1)S(C)(=O)=O. The number of sulfonamides is 1. The first-order valence-electron chi connectivity index (χ1n) is 9.04. The van der Waals surface area contributed by atoms with Crippen molar-refractivity contribution in [2.45, 2.75) is 19.9 Å². The maximum absolute atomic E-state index is 12.6. The lowest BCUT2D eigenvalue weighted by Crippen LogP contribution is -2.48. The van der Waals surface area contributed by atoms with Gasteiger partial charge in [-0.1, -0.05) is 29.3 Å². The molecule has 1 atom stereocenters. The van der Waals surface area contributed by atoms with Gasteiger partial charge in [-0.15, -0.1) is 0 Å². The summed E-state index contributed by atoms with van der Waals surface area (Å²) in [5, 5.41) is 3.58. The molecule has 7 nitrogen and oxygen atoms in total. The van der Waals surface area contributed by atoms with E-state index < -0.39 is 22.0 Å². The maximum Gasteiger partial charge on any atom is 0.243 e. The van der Waals surface area contributed by atoms with E-state index in [4.69, 9.17) is 32.7 Å². The summed E-state index contributed by atoms with van der Waals surface area (Å²) in [6.07, 6.45) is 1.02. The lowest BCUT2D eigenvalue weighted by Gasteiger charge is -2.29. The van der Waals surface area contributed by atoms with Crippen LogP contribution in [0.2, 0.25) is 10.0 Å². The summed E-state index contributed by atoms with van der Waals surface area (Å²) in [4.78, 5) is 12.6. The zero-order valence-electron chi connectivity index (χ0n) is 17.1. The normalized spacial score (nSPS) is 12.2. The summed E-state index contributed by atoms with van der Waals surface area (Å²) in [7, 11) is -2.40. The second-order valence-electron chi connectivity index (χ2n) is 6.60. The predicted octanol–water partition coefficient (Wildman–Crippen LogP) is 3.66. The summed E-state index contributed by atoms with van der Waals surface area (Å²) in [5.41, 5.74) is 1.11. The quantitative estimate of drug-likeness (QED) is 0.560. The van der Waals surface area contributed by atoms with Gasteiger partial charge in [-0.05, 0) is 49.7 Å². The van der Waals surface area contributed by atoms with Crippen molar-refractivity contribution in [1.29, 1.82) is 0 Å². The second-order valence-corrected chi connectivity index (χ2v) is 9.30. The number of methoxy groups -OCH3 is 1. The molecule has 2 aromatic carbocycles. The van der Waals surface area contributed by atoms with Crippen LogP contribution in [0.3, 0.4) is 0 Å². The lowest BCUT2D eigenvalue weighted by atomic mass is 10.2. The molecule has 0 bridgehead atoms. The van der Waals surface area contributed by atoms with E-state index in [1.165, 1.54) is 20.1 Å². The van der Waals surface area contributed by atoms with E-state index in [-0.39, 0.29) is 24.6 Å². The van der Waals surface area contributed by atoms with E-state index in [1.54, 1.807) is 24.3 Å². The number of hydrogen-bond acceptors (Lipinski definition) is 5. The first-order chi connectivity index (χ1) is 14.0. The first kappa shape index (κ1) is 24.1. The average Bonchev–Trinajstić information content (AvgIpc) is 2.67. The fourth-order valence-corrected chi connectivity index (χ4v) is 4.28. The minimum absolute atomic E-state index is 0.180. The lowest BCUT2D eigenvalue weighted by molar-refractivity contribution is -0.121. The molecule has 0 aromatic heterocycles. The number of anilines is 1. The predicted molar refractivity (Wildman–Crippen MR) is 119 cm³/mol. The average molecular weight is 475 g/mol. The molecule has 0 heterocycles. The number of carbonyl (C=O) groups is 1. The summed E-state index contributed by atoms with van der Waals surface area (Å²) in [5.74, 6) is 0.367. The van der Waals surface area contributed by atoms with Gasteiger partial charge in [0.2, 0.25) is 15.9 Å². The highest BCUT2D eigenvalue weighted by molar-refractivity contribution is 7.92. The van der Waals surface area contributed by atoms with Crippen molar-refractivity contribution >= 4 is 44.8 Å². The molecule has 2 aromatic rings. The number of hydrogen-bond donors (Lipinski definition) is 1. The molecule has 0 aliphatic rings. The third-order valence-corrected chi connectivity index (χ3v) is 6.15. The largest absolute Gasteiger partial charge is 0.495 e. The van der Waals surface area contributed by atoms with Crippen molar-refractivity contribution in [3.05, 3.63) is 52.0 Å². The van der Waals surface area contributed by atoms with Gasteiger partial charge in [0.05, 0.1) is 25.6 Å². The number of amides is 1. The monoisotopic (exact) mass is 474 g/mol. The van der Waals surface area contributed by atoms with Gasteiger partial charge in [-0.2, -0.15) is 0 Å². The molecule has 2 rings (SSSR count). The summed E-state index contributed by atoms with van der Waals surface area (Å²) < 4.78 is 36.7. The molecule has 0 aliphatic carbocycles. The highest BCUT2D eigenvalue weighted by atomic mass is 35.5. The molecule has 0 aliphatic heterocycles. The number of nitrogens with one attached hydrogen (secondary N) is 1. The van der Waals surface area contributed by atoms with Gasteiger partial charge in [0, 0.05) is 10.0 Å². The molecule has 0 unspecified atom stereocenters. The zero-order chi connectivity index (χ0) is 22.5. The molecule has 1 amide bonds. The van der Waals surface area contributed by atoms with Crippen LogP contribution in [-0.4, -0.2) is 46.9 Å². The zero-order valence-corrected chi connectivity index (χ0v) is 19.4. The minimum atomic E-state index is -3.81. The number of ether oxygens (including phenoxy) is 2. The highest BCUT2D eigenvalue weighted by Gasteiger charge is 2.31. The van der Waals surface area contributed by atoms with Crippen LogP contribution in [0.5, 0.6) is 11.5 Å². The maximum atomic E-state index is 12.6. The van der Waals surface area contributed by atoms with E-state index in [0.717, 1.165) is 16.1 Å². The Labute approximate surface area is 186 Å². The summed E-state index contributed by atoms with van der Waals surface area (Å²) in [6.45, 7) is 3.74. The van der Waals surface area contributed by atoms with Crippen molar-refractivity contribution in [3.8, 4) is 11.5 Å². The van der Waals surface area contributed by atoms with Gasteiger partial charge in [0.25, 0.3) is 0 Å². The molecule has 10 heteroatoms. The molecular weight excluding hydrogens is 451 g/mol. The third-order valence-electron chi connectivity index (χ3n) is 4.28. The Morgan fingerprint density at radius 1 is 1.20 bits per heavy atom. The molecular formula is C20H24Cl2N2O5S. The Morgan fingerprint density at radius 3 is 2.50 bits per heavy atom. The van der Waals surface area contributed by atoms with Crippen molar-refractivity contribution in [2.75, 3.05) is 30.8 Å². The number of halogens is 2. The molecule has 30 heavy (non-hydrogen) atoms. The van der Waals surface area contributed by atoms with Gasteiger partial charge in [-0.25, -0.2) is 8.42 Å². The van der Waals surface area contributed by atoms with Gasteiger partial charge < -0.3 is 14.8 Å². The van der Waals surface area contributed by atoms with Crippen molar-refractivity contribution < 1.29 is 22.7 Å². The molecule has 0 radical (unpaired) electrons.